The van der Waals surface area contributed by atoms with E-state index in [1.54, 1.807) is 0 Å². The summed E-state index contributed by atoms with van der Waals surface area (Å²) in [6, 6.07) is 0. The van der Waals surface area contributed by atoms with E-state index in [0.29, 0.717) is 0 Å². The number of amides is 1. The topological polar surface area (TPSA) is 122 Å². The molecule has 0 heterocycles. The van der Waals surface area contributed by atoms with Crippen molar-refractivity contribution in [1.82, 2.24) is 5.32 Å². The third-order valence-corrected chi connectivity index (χ3v) is 4.56. The molecule has 19 heteroatoms. The van der Waals surface area contributed by atoms with Crippen molar-refractivity contribution in [1.29, 1.82) is 0 Å². The number of rotatable bonds is 11. The largest absolute Gasteiger partial charge is 0.743 e. The van der Waals surface area contributed by atoms with E-state index in [2.05, 4.69) is 16.1 Å². The van der Waals surface area contributed by atoms with E-state index in [1.807, 2.05) is 0 Å². The molecule has 1 unspecified atom stereocenters. The van der Waals surface area contributed by atoms with Crippen LogP contribution in [-0.4, -0.2) is 67.3 Å². The van der Waals surface area contributed by atoms with Gasteiger partial charge in [-0.3, -0.25) is 4.79 Å². The highest BCUT2D eigenvalue weighted by molar-refractivity contribution is 7.86. The fraction of sp³-hybridized carbons (Fsp3) is 0.733. The number of esters is 1. The molecule has 200 valence electrons. The van der Waals surface area contributed by atoms with Crippen molar-refractivity contribution < 1.29 is 75.9 Å². The SMILES string of the molecule is C=C(C(=O)OC(OCCC(F)(F)C(F)(F)S(=O)(=O)[O-])(C(=O)NCC(C)C)C(F)(F)F)C(F)(F)F. The Hall–Kier alpha value is -2.15. The second-order valence-corrected chi connectivity index (χ2v) is 8.28. The second-order valence-electron chi connectivity index (χ2n) is 6.86. The number of nitrogens with one attached hydrogen (secondary N) is 1. The zero-order valence-electron chi connectivity index (χ0n) is 17.0. The lowest BCUT2D eigenvalue weighted by molar-refractivity contribution is -0.350. The highest BCUT2D eigenvalue weighted by Crippen LogP contribution is 2.42. The van der Waals surface area contributed by atoms with E-state index in [-0.39, 0.29) is 0 Å². The van der Waals surface area contributed by atoms with Crippen LogP contribution in [0.5, 0.6) is 0 Å². The molecule has 0 aromatic carbocycles. The maximum Gasteiger partial charge on any atom is 0.466 e. The van der Waals surface area contributed by atoms with Crippen molar-refractivity contribution in [3.63, 3.8) is 0 Å². The predicted octanol–water partition coefficient (Wildman–Crippen LogP) is 2.86. The van der Waals surface area contributed by atoms with Gasteiger partial charge in [0.05, 0.1) is 6.61 Å². The summed E-state index contributed by atoms with van der Waals surface area (Å²) in [4.78, 5) is 23.7. The number of alkyl halides is 10. The standard InChI is InChI=1S/C15H17F10NO7S/c1-7(2)6-26-10(28)12(14(21,22)23,33-9(27)8(3)13(18,19)20)32-5-4-11(16,17)15(24,25)34(29,30)31/h7H,3-6H2,1-2H3,(H,26,28)(H,29,30,31)/p-1. The van der Waals surface area contributed by atoms with E-state index in [1.165, 1.54) is 19.2 Å². The molecule has 0 aliphatic rings. The van der Waals surface area contributed by atoms with Gasteiger partial charge in [0.25, 0.3) is 0 Å². The Kier molecular flexibility index (Phi) is 9.58. The summed E-state index contributed by atoms with van der Waals surface area (Å²) in [7, 11) is -7.05. The Morgan fingerprint density at radius 2 is 1.47 bits per heavy atom. The zero-order valence-corrected chi connectivity index (χ0v) is 17.8. The first-order valence-corrected chi connectivity index (χ1v) is 9.94. The van der Waals surface area contributed by atoms with Gasteiger partial charge in [0, 0.05) is 13.0 Å². The van der Waals surface area contributed by atoms with Crippen molar-refractivity contribution in [3.8, 4) is 0 Å². The highest BCUT2D eigenvalue weighted by Gasteiger charge is 2.68. The Morgan fingerprint density at radius 1 is 1.00 bits per heavy atom. The minimum Gasteiger partial charge on any atom is -0.743 e. The summed E-state index contributed by atoms with van der Waals surface area (Å²) < 4.78 is 170. The van der Waals surface area contributed by atoms with Crippen molar-refractivity contribution in [2.24, 2.45) is 5.92 Å². The molecule has 1 atom stereocenters. The van der Waals surface area contributed by atoms with Gasteiger partial charge in [0.15, 0.2) is 10.1 Å². The average molecular weight is 544 g/mol. The van der Waals surface area contributed by atoms with Crippen molar-refractivity contribution >= 4 is 22.0 Å². The van der Waals surface area contributed by atoms with Crippen LogP contribution in [0.3, 0.4) is 0 Å². The lowest BCUT2D eigenvalue weighted by Crippen LogP contribution is -2.62. The van der Waals surface area contributed by atoms with Crippen LogP contribution in [0, 0.1) is 5.92 Å². The summed E-state index contributed by atoms with van der Waals surface area (Å²) >= 11 is 0. The van der Waals surface area contributed by atoms with Crippen LogP contribution in [0.15, 0.2) is 12.2 Å². The van der Waals surface area contributed by atoms with Crippen LogP contribution >= 0.6 is 0 Å². The molecule has 0 saturated carbocycles. The zero-order chi connectivity index (χ0) is 27.6. The number of hydrogen-bond donors (Lipinski definition) is 1. The van der Waals surface area contributed by atoms with E-state index >= 15 is 0 Å². The van der Waals surface area contributed by atoms with Crippen LogP contribution in [0.4, 0.5) is 43.9 Å². The van der Waals surface area contributed by atoms with Gasteiger partial charge >= 0.3 is 41.2 Å². The fourth-order valence-corrected chi connectivity index (χ4v) is 2.25. The molecule has 0 aromatic rings. The summed E-state index contributed by atoms with van der Waals surface area (Å²) in [6.45, 7) is 1.75. The van der Waals surface area contributed by atoms with Gasteiger partial charge in [-0.15, -0.1) is 0 Å². The molecule has 0 saturated heterocycles. The summed E-state index contributed by atoms with van der Waals surface area (Å²) in [5.41, 5.74) is -2.59. The van der Waals surface area contributed by atoms with Crippen molar-refractivity contribution in [3.05, 3.63) is 12.2 Å². The minimum atomic E-state index is -7.05. The maximum absolute atomic E-state index is 13.7. The van der Waals surface area contributed by atoms with Crippen LogP contribution in [0.1, 0.15) is 20.3 Å². The first-order valence-electron chi connectivity index (χ1n) is 8.53. The molecule has 34 heavy (non-hydrogen) atoms. The number of carbonyl (C=O) groups excluding carboxylic acids is 2. The Labute approximate surface area is 185 Å². The van der Waals surface area contributed by atoms with Crippen LogP contribution in [0.25, 0.3) is 0 Å². The molecule has 0 aliphatic heterocycles. The van der Waals surface area contributed by atoms with Gasteiger partial charge in [0.2, 0.25) is 0 Å². The summed E-state index contributed by atoms with van der Waals surface area (Å²) in [5, 5.41) is -4.89. The molecule has 0 aliphatic carbocycles. The molecular weight excluding hydrogens is 528 g/mol. The van der Waals surface area contributed by atoms with E-state index in [4.69, 9.17) is 0 Å². The average Bonchev–Trinajstić information content (AvgIpc) is 2.61. The summed E-state index contributed by atoms with van der Waals surface area (Å²) in [5.74, 6) is -17.1. The molecule has 0 bridgehead atoms. The molecule has 0 rings (SSSR count). The van der Waals surface area contributed by atoms with Crippen molar-refractivity contribution in [2.45, 2.75) is 49.6 Å². The number of ether oxygens (including phenoxy) is 2. The Balaban J connectivity index is 6.26. The normalized spacial score (nSPS) is 15.6. The highest BCUT2D eigenvalue weighted by atomic mass is 32.2. The van der Waals surface area contributed by atoms with Crippen LogP contribution in [0.2, 0.25) is 0 Å². The lowest BCUT2D eigenvalue weighted by atomic mass is 10.1. The van der Waals surface area contributed by atoms with Gasteiger partial charge in [-0.2, -0.15) is 43.9 Å². The number of hydrogen-bond acceptors (Lipinski definition) is 7. The summed E-state index contributed by atoms with van der Waals surface area (Å²) in [6.07, 6.45) is -14.7. The fourth-order valence-electron chi connectivity index (χ4n) is 1.78. The molecule has 0 aromatic heterocycles. The molecule has 1 N–H and O–H groups in total. The van der Waals surface area contributed by atoms with Crippen LogP contribution in [-0.2, 0) is 29.2 Å². The van der Waals surface area contributed by atoms with E-state index in [9.17, 15) is 66.5 Å². The van der Waals surface area contributed by atoms with E-state index in [0.717, 1.165) is 0 Å². The monoisotopic (exact) mass is 544 g/mol. The van der Waals surface area contributed by atoms with Crippen molar-refractivity contribution in [2.75, 3.05) is 13.2 Å². The molecular formula is C15H16F10NO7S-. The van der Waals surface area contributed by atoms with Gasteiger partial charge in [-0.1, -0.05) is 20.4 Å². The third kappa shape index (κ3) is 7.17. The second kappa shape index (κ2) is 10.2. The van der Waals surface area contributed by atoms with Gasteiger partial charge in [-0.05, 0) is 5.92 Å². The quantitative estimate of drug-likeness (QED) is 0.140. The Morgan fingerprint density at radius 3 is 1.82 bits per heavy atom. The van der Waals surface area contributed by atoms with Gasteiger partial charge < -0.3 is 19.3 Å². The molecule has 0 spiro atoms. The van der Waals surface area contributed by atoms with E-state index < -0.39 is 82.4 Å². The molecule has 1 amide bonds. The van der Waals surface area contributed by atoms with Gasteiger partial charge in [0.1, 0.15) is 5.57 Å². The first-order chi connectivity index (χ1) is 14.8. The third-order valence-electron chi connectivity index (χ3n) is 3.63. The van der Waals surface area contributed by atoms with Gasteiger partial charge in [-0.25, -0.2) is 13.2 Å². The molecule has 0 fully saturated rings. The molecule has 8 nitrogen and oxygen atoms in total. The first kappa shape index (κ1) is 31.9. The predicted molar refractivity (Wildman–Crippen MR) is 88.1 cm³/mol. The smallest absolute Gasteiger partial charge is 0.466 e. The maximum atomic E-state index is 13.7. The minimum absolute atomic E-state index is 0.624. The number of carbonyl (C=O) groups is 2. The lowest BCUT2D eigenvalue weighted by Gasteiger charge is -2.34. The Bertz CT molecular complexity index is 883. The van der Waals surface area contributed by atoms with Crippen LogP contribution < -0.4 is 5.32 Å². The number of halogens is 10. The molecule has 0 radical (unpaired) electrons.